The van der Waals surface area contributed by atoms with Crippen LogP contribution in [-0.4, -0.2) is 59.3 Å². The molecule has 0 aliphatic carbocycles. The van der Waals surface area contributed by atoms with Gasteiger partial charge in [-0.2, -0.15) is 0 Å². The van der Waals surface area contributed by atoms with E-state index < -0.39 is 6.10 Å². The maximum atomic E-state index is 11.9. The number of aliphatic hydroxyl groups is 1. The summed E-state index contributed by atoms with van der Waals surface area (Å²) in [5, 5.41) is 24.6. The molecule has 2 aromatic carbocycles. The first-order valence-corrected chi connectivity index (χ1v) is 12.6. The minimum absolute atomic E-state index is 0.105. The van der Waals surface area contributed by atoms with Crippen LogP contribution in [-0.2, 0) is 11.8 Å². The summed E-state index contributed by atoms with van der Waals surface area (Å²) in [7, 11) is 2.02. The highest BCUT2D eigenvalue weighted by molar-refractivity contribution is 5.88. The molecule has 0 radical (unpaired) electrons. The quantitative estimate of drug-likeness (QED) is 0.265. The van der Waals surface area contributed by atoms with Gasteiger partial charge in [0.05, 0.1) is 22.1 Å². The summed E-state index contributed by atoms with van der Waals surface area (Å²) in [6.07, 6.45) is 0.617. The second-order valence-corrected chi connectivity index (χ2v) is 9.67. The van der Waals surface area contributed by atoms with Gasteiger partial charge in [0.2, 0.25) is 11.6 Å². The Morgan fingerprint density at radius 2 is 1.78 bits per heavy atom. The number of carbonyl (C=O) groups is 1. The van der Waals surface area contributed by atoms with Crippen molar-refractivity contribution in [2.45, 2.75) is 39.7 Å². The van der Waals surface area contributed by atoms with Crippen LogP contribution in [0, 0.1) is 12.8 Å². The van der Waals surface area contributed by atoms with Crippen LogP contribution in [0.4, 0.5) is 5.82 Å². The minimum atomic E-state index is -0.974. The normalized spacial score (nSPS) is 12.6. The number of imidazole rings is 1. The molecule has 0 bridgehead atoms. The van der Waals surface area contributed by atoms with E-state index in [1.54, 1.807) is 0 Å². The van der Waals surface area contributed by atoms with Gasteiger partial charge < -0.3 is 20.3 Å². The summed E-state index contributed by atoms with van der Waals surface area (Å²) in [5.74, 6) is 1.90. The molecule has 3 heterocycles. The summed E-state index contributed by atoms with van der Waals surface area (Å²) in [5.41, 5.74) is 5.43. The monoisotopic (exact) mass is 500 g/mol. The van der Waals surface area contributed by atoms with Gasteiger partial charge in [-0.25, -0.2) is 9.97 Å². The molecular weight excluding hydrogens is 468 g/mol. The van der Waals surface area contributed by atoms with E-state index in [0.717, 1.165) is 52.1 Å². The molecule has 1 atom stereocenters. The van der Waals surface area contributed by atoms with Crippen LogP contribution in [0.15, 0.2) is 42.5 Å². The van der Waals surface area contributed by atoms with E-state index in [1.165, 1.54) is 0 Å². The lowest BCUT2D eigenvalue weighted by atomic mass is 10.1. The summed E-state index contributed by atoms with van der Waals surface area (Å²) >= 11 is 0. The molecule has 0 spiro atoms. The van der Waals surface area contributed by atoms with Gasteiger partial charge in [0.1, 0.15) is 17.8 Å². The molecule has 0 saturated heterocycles. The lowest BCUT2D eigenvalue weighted by molar-refractivity contribution is -0.131. The van der Waals surface area contributed by atoms with E-state index in [-0.39, 0.29) is 11.8 Å². The SMILES string of the molecule is Cc1nnc2c(NCCCCNC(=O)[C@H](O)C(C)C)nc3cc(-c4nc5ccccc5n4C)ccc3n12. The van der Waals surface area contributed by atoms with Crippen molar-refractivity contribution in [3.05, 3.63) is 48.3 Å². The lowest BCUT2D eigenvalue weighted by Crippen LogP contribution is -2.38. The zero-order chi connectivity index (χ0) is 26.1. The average Bonchev–Trinajstić information content (AvgIpc) is 3.45. The third-order valence-corrected chi connectivity index (χ3v) is 6.63. The lowest BCUT2D eigenvalue weighted by Gasteiger charge is -2.14. The maximum absolute atomic E-state index is 11.9. The molecule has 1 amide bonds. The minimum Gasteiger partial charge on any atom is -0.383 e. The van der Waals surface area contributed by atoms with Gasteiger partial charge in [-0.15, -0.1) is 10.2 Å². The predicted octanol–water partition coefficient (Wildman–Crippen LogP) is 3.46. The number of para-hydroxylation sites is 2. The number of anilines is 1. The second kappa shape index (κ2) is 10.1. The van der Waals surface area contributed by atoms with E-state index in [9.17, 15) is 9.90 Å². The van der Waals surface area contributed by atoms with E-state index in [1.807, 2.05) is 56.5 Å². The van der Waals surface area contributed by atoms with Gasteiger partial charge >= 0.3 is 0 Å². The van der Waals surface area contributed by atoms with Crippen LogP contribution in [0.3, 0.4) is 0 Å². The number of aryl methyl sites for hydroxylation is 2. The van der Waals surface area contributed by atoms with Crippen molar-refractivity contribution in [1.29, 1.82) is 0 Å². The zero-order valence-electron chi connectivity index (χ0n) is 21.6. The first kappa shape index (κ1) is 24.6. The molecule has 37 heavy (non-hydrogen) atoms. The van der Waals surface area contributed by atoms with E-state index in [2.05, 4.69) is 43.6 Å². The summed E-state index contributed by atoms with van der Waals surface area (Å²) < 4.78 is 4.11. The number of rotatable bonds is 9. The maximum Gasteiger partial charge on any atom is 0.249 e. The molecule has 10 heteroatoms. The Hall–Kier alpha value is -4.05. The fourth-order valence-corrected chi connectivity index (χ4v) is 4.51. The molecule has 0 unspecified atom stereocenters. The van der Waals surface area contributed by atoms with E-state index >= 15 is 0 Å². The third kappa shape index (κ3) is 4.72. The van der Waals surface area contributed by atoms with Crippen molar-refractivity contribution in [3.63, 3.8) is 0 Å². The van der Waals surface area contributed by atoms with Crippen LogP contribution in [0.2, 0.25) is 0 Å². The van der Waals surface area contributed by atoms with Gasteiger partial charge in [-0.1, -0.05) is 26.0 Å². The van der Waals surface area contributed by atoms with E-state index in [4.69, 9.17) is 9.97 Å². The highest BCUT2D eigenvalue weighted by Gasteiger charge is 2.18. The largest absolute Gasteiger partial charge is 0.383 e. The van der Waals surface area contributed by atoms with Crippen LogP contribution < -0.4 is 10.6 Å². The molecule has 0 fully saturated rings. The van der Waals surface area contributed by atoms with Gasteiger partial charge in [0, 0.05) is 25.7 Å². The predicted molar refractivity (Wildman–Crippen MR) is 144 cm³/mol. The number of benzene rings is 2. The molecule has 0 saturated carbocycles. The number of aromatic nitrogens is 6. The number of hydrogen-bond acceptors (Lipinski definition) is 7. The second-order valence-electron chi connectivity index (χ2n) is 9.67. The van der Waals surface area contributed by atoms with Crippen LogP contribution in [0.5, 0.6) is 0 Å². The summed E-state index contributed by atoms with van der Waals surface area (Å²) in [4.78, 5) is 21.6. The van der Waals surface area contributed by atoms with Gasteiger partial charge in [-0.05, 0) is 56.0 Å². The number of fused-ring (bicyclic) bond motifs is 4. The number of nitrogens with zero attached hydrogens (tertiary/aromatic N) is 6. The van der Waals surface area contributed by atoms with Crippen LogP contribution >= 0.6 is 0 Å². The Balaban J connectivity index is 1.36. The first-order chi connectivity index (χ1) is 17.8. The molecule has 0 aliphatic rings. The number of unbranched alkanes of at least 4 members (excludes halogenated alkanes) is 1. The van der Waals surface area contributed by atoms with Crippen LogP contribution in [0.25, 0.3) is 39.1 Å². The molecule has 0 aliphatic heterocycles. The highest BCUT2D eigenvalue weighted by Crippen LogP contribution is 2.28. The Bertz CT molecular complexity index is 1590. The molecular formula is C27H32N8O2. The van der Waals surface area contributed by atoms with Crippen molar-refractivity contribution < 1.29 is 9.90 Å². The third-order valence-electron chi connectivity index (χ3n) is 6.63. The molecule has 192 valence electrons. The fourth-order valence-electron chi connectivity index (χ4n) is 4.51. The molecule has 5 aromatic rings. The average molecular weight is 501 g/mol. The van der Waals surface area contributed by atoms with E-state index in [0.29, 0.717) is 24.6 Å². The van der Waals surface area contributed by atoms with Gasteiger partial charge in [0.15, 0.2) is 5.82 Å². The Kier molecular flexibility index (Phi) is 6.75. The standard InChI is InChI=1S/C27H32N8O2/c1-16(2)23(36)27(37)29-14-8-7-13-28-24-26-33-32-17(3)35(26)22-12-11-18(15-20(22)30-24)25-31-19-9-5-6-10-21(19)34(25)4/h5-6,9-12,15-16,23,36H,7-8,13-14H2,1-4H3,(H,28,30)(H,29,37)/t23-/m1/s1. The molecule has 3 N–H and O–H groups in total. The highest BCUT2D eigenvalue weighted by atomic mass is 16.3. The van der Waals surface area contributed by atoms with Crippen molar-refractivity contribution in [2.75, 3.05) is 18.4 Å². The zero-order valence-corrected chi connectivity index (χ0v) is 21.6. The number of carbonyl (C=O) groups excluding carboxylic acids is 1. The van der Waals surface area contributed by atoms with Crippen LogP contribution in [0.1, 0.15) is 32.5 Å². The number of amides is 1. The Labute approximate surface area is 214 Å². The van der Waals surface area contributed by atoms with Gasteiger partial charge in [-0.3, -0.25) is 9.20 Å². The fraction of sp³-hybridized carbons (Fsp3) is 0.370. The summed E-state index contributed by atoms with van der Waals surface area (Å²) in [6, 6.07) is 14.2. The van der Waals surface area contributed by atoms with Crippen molar-refractivity contribution in [3.8, 4) is 11.4 Å². The molecule has 10 nitrogen and oxygen atoms in total. The Morgan fingerprint density at radius 1 is 1.00 bits per heavy atom. The number of hydrogen-bond donors (Lipinski definition) is 3. The number of aliphatic hydroxyl groups excluding tert-OH is 1. The van der Waals surface area contributed by atoms with Crippen molar-refractivity contribution in [1.82, 2.24) is 34.4 Å². The molecule has 3 aromatic heterocycles. The topological polar surface area (TPSA) is 122 Å². The van der Waals surface area contributed by atoms with Gasteiger partial charge in [0.25, 0.3) is 0 Å². The first-order valence-electron chi connectivity index (χ1n) is 12.6. The molecule has 5 rings (SSSR count). The van der Waals surface area contributed by atoms with Crippen molar-refractivity contribution in [2.24, 2.45) is 13.0 Å². The number of nitrogens with one attached hydrogen (secondary N) is 2. The Morgan fingerprint density at radius 3 is 2.57 bits per heavy atom. The smallest absolute Gasteiger partial charge is 0.249 e. The summed E-state index contributed by atoms with van der Waals surface area (Å²) in [6.45, 7) is 6.73. The van der Waals surface area contributed by atoms with Crippen molar-refractivity contribution >= 4 is 39.4 Å².